The average molecular weight is 295 g/mol. The molecule has 0 bridgehead atoms. The van der Waals surface area contributed by atoms with E-state index in [2.05, 4.69) is 15.9 Å². The maximum absolute atomic E-state index is 12.9. The molecule has 88 valence electrons. The molecule has 0 aliphatic carbocycles. The molecule has 3 heteroatoms. The highest BCUT2D eigenvalue weighted by atomic mass is 79.9. The molecule has 0 radical (unpaired) electrons. The third kappa shape index (κ3) is 3.07. The molecule has 0 saturated heterocycles. The lowest BCUT2D eigenvalue weighted by Crippen LogP contribution is -2.03. The Balaban J connectivity index is 2.16. The predicted octanol–water partition coefficient (Wildman–Crippen LogP) is 4.73. The fourth-order valence-corrected chi connectivity index (χ4v) is 2.00. The number of hydrogen-bond acceptors (Lipinski definition) is 1. The molecule has 0 fully saturated rings. The topological polar surface area (TPSA) is 9.23 Å². The zero-order chi connectivity index (χ0) is 12.3. The van der Waals surface area contributed by atoms with Crippen molar-refractivity contribution in [2.45, 2.75) is 13.0 Å². The van der Waals surface area contributed by atoms with Gasteiger partial charge in [0.25, 0.3) is 0 Å². The highest BCUT2D eigenvalue weighted by molar-refractivity contribution is 9.10. The number of benzene rings is 2. The smallest absolute Gasteiger partial charge is 0.134 e. The van der Waals surface area contributed by atoms with Crippen LogP contribution in [0.5, 0.6) is 5.75 Å². The molecule has 17 heavy (non-hydrogen) atoms. The van der Waals surface area contributed by atoms with Gasteiger partial charge >= 0.3 is 0 Å². The van der Waals surface area contributed by atoms with Gasteiger partial charge in [-0.25, -0.2) is 4.39 Å². The molecule has 0 N–H and O–H groups in total. The van der Waals surface area contributed by atoms with Gasteiger partial charge in [-0.15, -0.1) is 0 Å². The SMILES string of the molecule is CC(Oc1ccc(F)cc1Br)c1ccccc1. The molecule has 1 atom stereocenters. The van der Waals surface area contributed by atoms with Crippen molar-refractivity contribution in [1.29, 1.82) is 0 Å². The lowest BCUT2D eigenvalue weighted by atomic mass is 10.1. The van der Waals surface area contributed by atoms with Crippen molar-refractivity contribution >= 4 is 15.9 Å². The van der Waals surface area contributed by atoms with Crippen molar-refractivity contribution in [3.63, 3.8) is 0 Å². The fourth-order valence-electron chi connectivity index (χ4n) is 1.55. The molecule has 1 nitrogen and oxygen atoms in total. The van der Waals surface area contributed by atoms with E-state index in [4.69, 9.17) is 4.74 Å². The molecule has 2 aromatic rings. The number of rotatable bonds is 3. The molecule has 1 unspecified atom stereocenters. The number of ether oxygens (including phenoxy) is 1. The van der Waals surface area contributed by atoms with E-state index in [0.717, 1.165) is 5.56 Å². The van der Waals surface area contributed by atoms with Gasteiger partial charge < -0.3 is 4.74 Å². The molecule has 0 aliphatic rings. The normalized spacial score (nSPS) is 12.2. The maximum Gasteiger partial charge on any atom is 0.134 e. The lowest BCUT2D eigenvalue weighted by molar-refractivity contribution is 0.225. The van der Waals surface area contributed by atoms with E-state index in [1.54, 1.807) is 6.07 Å². The zero-order valence-electron chi connectivity index (χ0n) is 9.36. The van der Waals surface area contributed by atoms with E-state index in [1.165, 1.54) is 12.1 Å². The van der Waals surface area contributed by atoms with Crippen LogP contribution in [0, 0.1) is 5.82 Å². The molecule has 0 spiro atoms. The van der Waals surface area contributed by atoms with Crippen molar-refractivity contribution in [1.82, 2.24) is 0 Å². The number of hydrogen-bond donors (Lipinski definition) is 0. The predicted molar refractivity (Wildman–Crippen MR) is 69.6 cm³/mol. The molecule has 2 aromatic carbocycles. The summed E-state index contributed by atoms with van der Waals surface area (Å²) in [6.45, 7) is 1.96. The molecule has 0 aliphatic heterocycles. The summed E-state index contributed by atoms with van der Waals surface area (Å²) in [5, 5.41) is 0. The van der Waals surface area contributed by atoms with Gasteiger partial charge in [0.2, 0.25) is 0 Å². The van der Waals surface area contributed by atoms with Crippen LogP contribution in [-0.2, 0) is 0 Å². The van der Waals surface area contributed by atoms with Crippen LogP contribution in [0.4, 0.5) is 4.39 Å². The minimum Gasteiger partial charge on any atom is -0.485 e. The minimum absolute atomic E-state index is 0.0713. The monoisotopic (exact) mass is 294 g/mol. The molecular formula is C14H12BrFO. The highest BCUT2D eigenvalue weighted by Crippen LogP contribution is 2.29. The van der Waals surface area contributed by atoms with Crippen LogP contribution in [0.2, 0.25) is 0 Å². The van der Waals surface area contributed by atoms with Crippen LogP contribution in [0.1, 0.15) is 18.6 Å². The second-order valence-corrected chi connectivity index (χ2v) is 4.60. The second kappa shape index (κ2) is 5.32. The van der Waals surface area contributed by atoms with E-state index < -0.39 is 0 Å². The summed E-state index contributed by atoms with van der Waals surface area (Å²) < 4.78 is 19.3. The minimum atomic E-state index is -0.281. The standard InChI is InChI=1S/C14H12BrFO/c1-10(11-5-3-2-4-6-11)17-14-8-7-12(16)9-13(14)15/h2-10H,1H3. The van der Waals surface area contributed by atoms with Crippen molar-refractivity contribution in [2.24, 2.45) is 0 Å². The van der Waals surface area contributed by atoms with Gasteiger partial charge in [-0.1, -0.05) is 30.3 Å². The summed E-state index contributed by atoms with van der Waals surface area (Å²) in [5.41, 5.74) is 1.09. The van der Waals surface area contributed by atoms with Crippen LogP contribution in [0.3, 0.4) is 0 Å². The van der Waals surface area contributed by atoms with Gasteiger partial charge in [-0.2, -0.15) is 0 Å². The Morgan fingerprint density at radius 1 is 1.12 bits per heavy atom. The fraction of sp³-hybridized carbons (Fsp3) is 0.143. The average Bonchev–Trinajstić information content (AvgIpc) is 2.34. The Labute approximate surface area is 108 Å². The maximum atomic E-state index is 12.9. The molecule has 0 saturated carbocycles. The summed E-state index contributed by atoms with van der Waals surface area (Å²) in [4.78, 5) is 0. The van der Waals surface area contributed by atoms with E-state index >= 15 is 0 Å². The van der Waals surface area contributed by atoms with Crippen molar-refractivity contribution in [3.05, 3.63) is 64.4 Å². The summed E-state index contributed by atoms with van der Waals surface area (Å²) in [5.74, 6) is 0.361. The van der Waals surface area contributed by atoms with Crippen molar-refractivity contribution in [3.8, 4) is 5.75 Å². The van der Waals surface area contributed by atoms with E-state index in [0.29, 0.717) is 10.2 Å². The first-order valence-electron chi connectivity index (χ1n) is 5.33. The van der Waals surface area contributed by atoms with Gasteiger partial charge in [-0.3, -0.25) is 0 Å². The highest BCUT2D eigenvalue weighted by Gasteiger charge is 2.09. The summed E-state index contributed by atoms with van der Waals surface area (Å²) in [7, 11) is 0. The van der Waals surface area contributed by atoms with E-state index in [1.807, 2.05) is 37.3 Å². The summed E-state index contributed by atoms with van der Waals surface area (Å²) >= 11 is 3.28. The summed E-state index contributed by atoms with van der Waals surface area (Å²) in [6, 6.07) is 14.3. The van der Waals surface area contributed by atoms with Crippen LogP contribution in [0.15, 0.2) is 53.0 Å². The van der Waals surface area contributed by atoms with Gasteiger partial charge in [0.15, 0.2) is 0 Å². The Bertz CT molecular complexity index is 499. The van der Waals surface area contributed by atoms with Gasteiger partial charge in [0, 0.05) is 0 Å². The Morgan fingerprint density at radius 2 is 1.82 bits per heavy atom. The largest absolute Gasteiger partial charge is 0.485 e. The Hall–Kier alpha value is -1.35. The van der Waals surface area contributed by atoms with Gasteiger partial charge in [-0.05, 0) is 46.6 Å². The molecular weight excluding hydrogens is 283 g/mol. The summed E-state index contributed by atoms with van der Waals surface area (Å²) in [6.07, 6.45) is -0.0713. The second-order valence-electron chi connectivity index (χ2n) is 3.75. The first kappa shape index (κ1) is 12.1. The third-order valence-electron chi connectivity index (χ3n) is 2.47. The zero-order valence-corrected chi connectivity index (χ0v) is 10.9. The van der Waals surface area contributed by atoms with Crippen LogP contribution < -0.4 is 4.74 Å². The first-order valence-corrected chi connectivity index (χ1v) is 6.13. The van der Waals surface area contributed by atoms with Crippen LogP contribution >= 0.6 is 15.9 Å². The number of halogens is 2. The third-order valence-corrected chi connectivity index (χ3v) is 3.09. The van der Waals surface area contributed by atoms with E-state index in [-0.39, 0.29) is 11.9 Å². The van der Waals surface area contributed by atoms with E-state index in [9.17, 15) is 4.39 Å². The Morgan fingerprint density at radius 3 is 2.47 bits per heavy atom. The molecule has 0 amide bonds. The van der Waals surface area contributed by atoms with Crippen LogP contribution in [0.25, 0.3) is 0 Å². The van der Waals surface area contributed by atoms with Gasteiger partial charge in [0.1, 0.15) is 17.7 Å². The van der Waals surface area contributed by atoms with Crippen molar-refractivity contribution in [2.75, 3.05) is 0 Å². The van der Waals surface area contributed by atoms with Gasteiger partial charge in [0.05, 0.1) is 4.47 Å². The lowest BCUT2D eigenvalue weighted by Gasteiger charge is -2.16. The molecule has 0 aromatic heterocycles. The first-order chi connectivity index (χ1) is 8.16. The quantitative estimate of drug-likeness (QED) is 0.795. The molecule has 2 rings (SSSR count). The molecule has 0 heterocycles. The Kier molecular flexibility index (Phi) is 3.79. The van der Waals surface area contributed by atoms with Crippen molar-refractivity contribution < 1.29 is 9.13 Å². The van der Waals surface area contributed by atoms with Crippen LogP contribution in [-0.4, -0.2) is 0 Å².